The summed E-state index contributed by atoms with van der Waals surface area (Å²) < 4.78 is 8.25. The van der Waals surface area contributed by atoms with Crippen LogP contribution in [0.25, 0.3) is 27.5 Å². The summed E-state index contributed by atoms with van der Waals surface area (Å²) in [5.74, 6) is -0.0116. The molecule has 0 unspecified atom stereocenters. The minimum Gasteiger partial charge on any atom is -0.435 e. The first-order valence-corrected chi connectivity index (χ1v) is 12.5. The fraction of sp³-hybridized carbons (Fsp3) is 0.444. The topological polar surface area (TPSA) is 71.9 Å². The van der Waals surface area contributed by atoms with Crippen LogP contribution in [-0.4, -0.2) is 27.6 Å². The van der Waals surface area contributed by atoms with Crippen LogP contribution in [0.3, 0.4) is 0 Å². The zero-order valence-electron chi connectivity index (χ0n) is 18.9. The van der Waals surface area contributed by atoms with Crippen LogP contribution in [0.15, 0.2) is 51.9 Å². The van der Waals surface area contributed by atoms with Crippen molar-refractivity contribution >= 4 is 33.4 Å². The second-order valence-corrected chi connectivity index (χ2v) is 9.60. The van der Waals surface area contributed by atoms with Gasteiger partial charge in [0.25, 0.3) is 5.91 Å². The van der Waals surface area contributed by atoms with Crippen LogP contribution in [-0.2, 0) is 0 Å². The summed E-state index contributed by atoms with van der Waals surface area (Å²) in [6.07, 6.45) is 11.7. The fourth-order valence-electron chi connectivity index (χ4n) is 5.46. The molecule has 2 saturated carbocycles. The van der Waals surface area contributed by atoms with Crippen molar-refractivity contribution in [2.24, 2.45) is 4.99 Å². The molecule has 4 aromatic rings. The Balaban J connectivity index is 1.47. The number of nitrogens with one attached hydrogen (secondary N) is 1. The van der Waals surface area contributed by atoms with Crippen molar-refractivity contribution < 1.29 is 9.21 Å². The van der Waals surface area contributed by atoms with Crippen LogP contribution in [0.1, 0.15) is 74.6 Å². The lowest BCUT2D eigenvalue weighted by Crippen LogP contribution is -2.36. The molecule has 6 nitrogen and oxygen atoms in total. The number of carbonyl (C=O) groups excluding carboxylic acids is 1. The van der Waals surface area contributed by atoms with Gasteiger partial charge >= 0.3 is 0 Å². The highest BCUT2D eigenvalue weighted by Gasteiger charge is 2.19. The van der Waals surface area contributed by atoms with Gasteiger partial charge in [-0.25, -0.2) is 9.51 Å². The van der Waals surface area contributed by atoms with E-state index in [0.717, 1.165) is 53.2 Å². The largest absolute Gasteiger partial charge is 0.435 e. The van der Waals surface area contributed by atoms with Crippen molar-refractivity contribution in [3.8, 4) is 0 Å². The van der Waals surface area contributed by atoms with Crippen molar-refractivity contribution in [3.05, 3.63) is 53.6 Å². The van der Waals surface area contributed by atoms with E-state index in [1.165, 1.54) is 38.5 Å². The van der Waals surface area contributed by atoms with Gasteiger partial charge < -0.3 is 9.73 Å². The quantitative estimate of drug-likeness (QED) is 0.453. The molecule has 170 valence electrons. The molecule has 2 aliphatic rings. The molecule has 0 aliphatic heterocycles. The van der Waals surface area contributed by atoms with Crippen LogP contribution in [0.2, 0.25) is 0 Å². The maximum atomic E-state index is 12.9. The molecule has 2 fully saturated rings. The molecule has 2 aromatic carbocycles. The van der Waals surface area contributed by atoms with Gasteiger partial charge in [0.15, 0.2) is 5.58 Å². The summed E-state index contributed by atoms with van der Waals surface area (Å²) >= 11 is 0. The number of amides is 1. The van der Waals surface area contributed by atoms with E-state index in [1.807, 2.05) is 47.0 Å². The summed E-state index contributed by atoms with van der Waals surface area (Å²) in [5, 5.41) is 9.09. The molecule has 2 aromatic heterocycles. The van der Waals surface area contributed by atoms with E-state index in [1.54, 1.807) is 0 Å². The number of hydrogen-bond acceptors (Lipinski definition) is 4. The Morgan fingerprint density at radius 2 is 1.73 bits per heavy atom. The van der Waals surface area contributed by atoms with Crippen molar-refractivity contribution in [2.75, 3.05) is 0 Å². The summed E-state index contributed by atoms with van der Waals surface area (Å²) in [5.41, 5.74) is 4.64. The smallest absolute Gasteiger partial charge is 0.251 e. The summed E-state index contributed by atoms with van der Waals surface area (Å²) in [6.45, 7) is 0. The lowest BCUT2D eigenvalue weighted by molar-refractivity contribution is 0.0928. The van der Waals surface area contributed by atoms with Gasteiger partial charge in [-0.05, 0) is 56.0 Å². The Hall–Kier alpha value is -3.15. The zero-order chi connectivity index (χ0) is 22.2. The Labute approximate surface area is 192 Å². The highest BCUT2D eigenvalue weighted by molar-refractivity contribution is 6.02. The van der Waals surface area contributed by atoms with Gasteiger partial charge in [-0.15, -0.1) is 0 Å². The predicted octanol–water partition coefficient (Wildman–Crippen LogP) is 5.53. The molecule has 6 heteroatoms. The van der Waals surface area contributed by atoms with E-state index in [9.17, 15) is 4.79 Å². The lowest BCUT2D eigenvalue weighted by atomic mass is 9.95. The molecule has 1 amide bonds. The number of carbonyl (C=O) groups is 1. The highest BCUT2D eigenvalue weighted by atomic mass is 16.3. The summed E-state index contributed by atoms with van der Waals surface area (Å²) in [4.78, 5) is 18.0. The third-order valence-electron chi connectivity index (χ3n) is 7.25. The van der Waals surface area contributed by atoms with Crippen molar-refractivity contribution in [1.82, 2.24) is 14.9 Å². The van der Waals surface area contributed by atoms with Gasteiger partial charge in [0.2, 0.25) is 5.55 Å². The Bertz CT molecular complexity index is 1390. The van der Waals surface area contributed by atoms with Gasteiger partial charge in [0, 0.05) is 17.0 Å². The van der Waals surface area contributed by atoms with Gasteiger partial charge in [-0.3, -0.25) is 4.79 Å². The van der Waals surface area contributed by atoms with E-state index >= 15 is 0 Å². The maximum Gasteiger partial charge on any atom is 0.251 e. The number of para-hydroxylation sites is 2. The van der Waals surface area contributed by atoms with E-state index in [-0.39, 0.29) is 18.0 Å². The molecular formula is C27H30N4O2. The molecular weight excluding hydrogens is 412 g/mol. The molecule has 33 heavy (non-hydrogen) atoms. The average molecular weight is 443 g/mol. The number of nitrogens with zero attached hydrogens (tertiary/aromatic N) is 3. The van der Waals surface area contributed by atoms with Crippen LogP contribution in [0.5, 0.6) is 0 Å². The number of hydrogen-bond donors (Lipinski definition) is 1. The maximum absolute atomic E-state index is 12.9. The van der Waals surface area contributed by atoms with Crippen LogP contribution < -0.4 is 10.9 Å². The van der Waals surface area contributed by atoms with Crippen LogP contribution >= 0.6 is 0 Å². The number of aromatic nitrogens is 2. The van der Waals surface area contributed by atoms with E-state index < -0.39 is 0 Å². The van der Waals surface area contributed by atoms with Gasteiger partial charge in [0.1, 0.15) is 11.0 Å². The van der Waals surface area contributed by atoms with Crippen molar-refractivity contribution in [3.63, 3.8) is 0 Å². The normalized spacial score (nSPS) is 19.0. The monoisotopic (exact) mass is 442 g/mol. The Morgan fingerprint density at radius 1 is 0.970 bits per heavy atom. The zero-order valence-corrected chi connectivity index (χ0v) is 18.9. The first-order chi connectivity index (χ1) is 16.3. The lowest BCUT2D eigenvalue weighted by Gasteiger charge is -2.22. The molecule has 0 bridgehead atoms. The standard InChI is InChI=1S/C27H30N4O2/c32-26(28-19-9-3-1-4-10-19)18-15-16-21-22(17-18)30-31-23-13-7-8-14-24(23)33-27(25(21)31)29-20-11-5-2-6-12-20/h7-8,13-17,19-20H,1-6,9-12H2,(H,28,32). The predicted molar refractivity (Wildman–Crippen MR) is 129 cm³/mol. The number of fused-ring (bicyclic) bond motifs is 5. The molecule has 0 atom stereocenters. The molecule has 2 heterocycles. The molecule has 2 aliphatic carbocycles. The molecule has 1 N–H and O–H groups in total. The second kappa shape index (κ2) is 8.65. The van der Waals surface area contributed by atoms with E-state index in [0.29, 0.717) is 11.1 Å². The van der Waals surface area contributed by atoms with E-state index in [2.05, 4.69) is 5.32 Å². The summed E-state index contributed by atoms with van der Waals surface area (Å²) in [6, 6.07) is 14.3. The van der Waals surface area contributed by atoms with Gasteiger partial charge in [-0.1, -0.05) is 50.7 Å². The molecule has 0 spiro atoms. The first kappa shape index (κ1) is 20.5. The summed E-state index contributed by atoms with van der Waals surface area (Å²) in [7, 11) is 0. The van der Waals surface area contributed by atoms with Crippen LogP contribution in [0.4, 0.5) is 0 Å². The minimum absolute atomic E-state index is 0.0116. The fourth-order valence-corrected chi connectivity index (χ4v) is 5.46. The molecule has 0 radical (unpaired) electrons. The van der Waals surface area contributed by atoms with Crippen molar-refractivity contribution in [2.45, 2.75) is 76.3 Å². The average Bonchev–Trinajstić information content (AvgIpc) is 3.25. The SMILES string of the molecule is O=C(NC1CCCCC1)c1ccc2c(c1)nn1c3ccccc3oc(=NC3CCCCC3)c21. The van der Waals surface area contributed by atoms with Crippen LogP contribution in [0, 0.1) is 0 Å². The van der Waals surface area contributed by atoms with Crippen molar-refractivity contribution in [1.29, 1.82) is 0 Å². The third-order valence-corrected chi connectivity index (χ3v) is 7.25. The molecule has 0 saturated heterocycles. The second-order valence-electron chi connectivity index (χ2n) is 9.60. The number of rotatable bonds is 3. The Kier molecular flexibility index (Phi) is 5.36. The highest BCUT2D eigenvalue weighted by Crippen LogP contribution is 2.25. The third kappa shape index (κ3) is 3.92. The molecule has 6 rings (SSSR count). The van der Waals surface area contributed by atoms with Gasteiger partial charge in [0.05, 0.1) is 11.6 Å². The Morgan fingerprint density at radius 3 is 2.55 bits per heavy atom. The van der Waals surface area contributed by atoms with E-state index in [4.69, 9.17) is 14.5 Å². The first-order valence-electron chi connectivity index (χ1n) is 12.5. The number of benzene rings is 2. The van der Waals surface area contributed by atoms with Gasteiger partial charge in [-0.2, -0.15) is 5.10 Å². The minimum atomic E-state index is -0.0116.